The molecule has 1 radical (unpaired) electrons. The summed E-state index contributed by atoms with van der Waals surface area (Å²) in [5.74, 6) is 0.547. The van der Waals surface area contributed by atoms with E-state index in [0.717, 1.165) is 47.8 Å². The van der Waals surface area contributed by atoms with Crippen molar-refractivity contribution >= 4 is 27.5 Å². The molecule has 0 bridgehead atoms. The van der Waals surface area contributed by atoms with Gasteiger partial charge in [0.25, 0.3) is 0 Å². The number of hydrogen-bond acceptors (Lipinski definition) is 3. The Hall–Kier alpha value is -2.81. The number of aliphatic hydroxyl groups excluding tert-OH is 1. The number of benzene rings is 3. The Morgan fingerprint density at radius 2 is 1.33 bits per heavy atom. The maximum absolute atomic E-state index is 11.7. The fraction of sp³-hybridized carbons (Fsp3) is 0.421. The SMILES string of the molecule is CC1(C)c2cc3ccccc3[c-]c2-c2nc3ccccc3cc2C1(C)C.CCC(CC)C(=O)/C=C(\O)C(CC)CC.[Ir]. The van der Waals surface area contributed by atoms with Crippen LogP contribution in [0.4, 0.5) is 0 Å². The van der Waals surface area contributed by atoms with Gasteiger partial charge in [-0.3, -0.25) is 9.78 Å². The van der Waals surface area contributed by atoms with Crippen molar-refractivity contribution in [3.8, 4) is 11.3 Å². The number of hydrogen-bond donors (Lipinski definition) is 1. The number of carbonyl (C=O) groups is 1. The molecule has 0 fully saturated rings. The summed E-state index contributed by atoms with van der Waals surface area (Å²) in [6.07, 6.45) is 4.91. The molecular weight excluding hydrogens is 695 g/mol. The minimum absolute atomic E-state index is 0. The maximum atomic E-state index is 11.7. The van der Waals surface area contributed by atoms with Crippen molar-refractivity contribution in [2.45, 2.75) is 91.9 Å². The van der Waals surface area contributed by atoms with E-state index in [0.29, 0.717) is 0 Å². The standard InChI is InChI=1S/C25H22N.C13H24O2.Ir/c1-24(2)20-14-17-10-6-5-9-16(17)13-19(20)23-21(25(24,3)4)15-18-11-7-8-12-22(18)26-23;1-5-10(6-2)12(14)9-13(15)11(7-3)8-4;/h5-12,14-15H,1-4H3;9-11,14H,5-8H2,1-4H3;/q-1;;/b;12-9-;. The van der Waals surface area contributed by atoms with Crippen molar-refractivity contribution < 1.29 is 30.0 Å². The predicted molar refractivity (Wildman–Crippen MR) is 173 cm³/mol. The van der Waals surface area contributed by atoms with Gasteiger partial charge in [-0.25, -0.2) is 0 Å². The average molecular weight is 741 g/mol. The summed E-state index contributed by atoms with van der Waals surface area (Å²) in [5.41, 5.74) is 5.93. The monoisotopic (exact) mass is 741 g/mol. The smallest absolute Gasteiger partial charge is 0.162 e. The number of fused-ring (bicyclic) bond motifs is 5. The second-order valence-electron chi connectivity index (χ2n) is 12.5. The van der Waals surface area contributed by atoms with Gasteiger partial charge in [-0.2, -0.15) is 0 Å². The maximum Gasteiger partial charge on any atom is 0.162 e. The summed E-state index contributed by atoms with van der Waals surface area (Å²) < 4.78 is 0. The first-order chi connectivity index (χ1) is 19.5. The molecule has 225 valence electrons. The van der Waals surface area contributed by atoms with Crippen LogP contribution >= 0.6 is 0 Å². The molecule has 0 amide bonds. The molecule has 1 N–H and O–H groups in total. The summed E-state index contributed by atoms with van der Waals surface area (Å²) in [6.45, 7) is 17.5. The fourth-order valence-corrected chi connectivity index (χ4v) is 6.08. The second-order valence-corrected chi connectivity index (χ2v) is 12.5. The minimum Gasteiger partial charge on any atom is -0.512 e. The van der Waals surface area contributed by atoms with Crippen molar-refractivity contribution in [2.24, 2.45) is 11.8 Å². The molecule has 5 rings (SSSR count). The number of aliphatic hydroxyl groups is 1. The van der Waals surface area contributed by atoms with Crippen LogP contribution in [0.1, 0.15) is 92.2 Å². The van der Waals surface area contributed by atoms with Crippen LogP contribution in [0.5, 0.6) is 0 Å². The Morgan fingerprint density at radius 3 is 1.95 bits per heavy atom. The first-order valence-corrected chi connectivity index (χ1v) is 15.3. The van der Waals surface area contributed by atoms with Gasteiger partial charge in [-0.05, 0) is 53.5 Å². The van der Waals surface area contributed by atoms with Crippen LogP contribution in [-0.2, 0) is 35.7 Å². The van der Waals surface area contributed by atoms with Crippen LogP contribution in [0.15, 0.2) is 72.5 Å². The third-order valence-corrected chi connectivity index (χ3v) is 9.74. The Labute approximate surface area is 266 Å². The van der Waals surface area contributed by atoms with E-state index in [1.54, 1.807) is 0 Å². The molecule has 4 aromatic rings. The molecule has 42 heavy (non-hydrogen) atoms. The third kappa shape index (κ3) is 6.26. The van der Waals surface area contributed by atoms with Crippen molar-refractivity contribution in [1.82, 2.24) is 4.98 Å². The number of ketones is 1. The summed E-state index contributed by atoms with van der Waals surface area (Å²) in [4.78, 5) is 16.8. The van der Waals surface area contributed by atoms with E-state index in [-0.39, 0.29) is 54.3 Å². The predicted octanol–water partition coefficient (Wildman–Crippen LogP) is 10.3. The first-order valence-electron chi connectivity index (χ1n) is 15.3. The van der Waals surface area contributed by atoms with Gasteiger partial charge in [0.15, 0.2) is 5.78 Å². The van der Waals surface area contributed by atoms with Gasteiger partial charge in [-0.15, -0.1) is 29.1 Å². The van der Waals surface area contributed by atoms with Crippen molar-refractivity contribution in [3.05, 3.63) is 89.7 Å². The Morgan fingerprint density at radius 1 is 0.810 bits per heavy atom. The molecule has 1 aliphatic carbocycles. The topological polar surface area (TPSA) is 50.2 Å². The average Bonchev–Trinajstić information content (AvgIpc) is 2.96. The molecule has 0 unspecified atom stereocenters. The largest absolute Gasteiger partial charge is 0.512 e. The van der Waals surface area contributed by atoms with Crippen LogP contribution in [0.3, 0.4) is 0 Å². The van der Waals surface area contributed by atoms with Gasteiger partial charge in [-0.1, -0.05) is 109 Å². The van der Waals surface area contributed by atoms with Gasteiger partial charge in [0.05, 0.1) is 11.3 Å². The van der Waals surface area contributed by atoms with E-state index < -0.39 is 0 Å². The van der Waals surface area contributed by atoms with E-state index in [2.05, 4.69) is 94.4 Å². The third-order valence-electron chi connectivity index (χ3n) is 9.74. The Kier molecular flexibility index (Phi) is 11.0. The molecule has 1 heterocycles. The number of nitrogens with zero attached hydrogens (tertiary/aromatic N) is 1. The summed E-state index contributed by atoms with van der Waals surface area (Å²) in [6, 6.07) is 25.3. The zero-order valence-electron chi connectivity index (χ0n) is 26.5. The van der Waals surface area contributed by atoms with E-state index in [9.17, 15) is 9.90 Å². The number of carbonyl (C=O) groups excluding carboxylic acids is 1. The van der Waals surface area contributed by atoms with Gasteiger partial charge in [0, 0.05) is 43.7 Å². The zero-order chi connectivity index (χ0) is 29.9. The molecule has 0 saturated carbocycles. The molecule has 3 aromatic carbocycles. The number of para-hydroxylation sites is 1. The number of rotatable bonds is 7. The molecule has 4 heteroatoms. The fourth-order valence-electron chi connectivity index (χ4n) is 6.08. The van der Waals surface area contributed by atoms with Gasteiger partial charge >= 0.3 is 0 Å². The number of aromatic nitrogens is 1. The Bertz CT molecular complexity index is 1480. The summed E-state index contributed by atoms with van der Waals surface area (Å²) in [5, 5.41) is 13.4. The molecule has 0 aliphatic heterocycles. The number of allylic oxidation sites excluding steroid dienone is 2. The zero-order valence-corrected chi connectivity index (χ0v) is 28.9. The van der Waals surface area contributed by atoms with Gasteiger partial charge in [0.1, 0.15) is 0 Å². The normalized spacial score (nSPS) is 15.0. The van der Waals surface area contributed by atoms with Crippen LogP contribution in [0.25, 0.3) is 32.9 Å². The van der Waals surface area contributed by atoms with Crippen LogP contribution in [0, 0.1) is 17.9 Å². The van der Waals surface area contributed by atoms with E-state index >= 15 is 0 Å². The van der Waals surface area contributed by atoms with Crippen LogP contribution in [-0.4, -0.2) is 15.9 Å². The van der Waals surface area contributed by atoms with Crippen molar-refractivity contribution in [2.75, 3.05) is 0 Å². The van der Waals surface area contributed by atoms with Crippen molar-refractivity contribution in [3.63, 3.8) is 0 Å². The first kappa shape index (κ1) is 33.7. The molecule has 0 saturated heterocycles. The van der Waals surface area contributed by atoms with E-state index in [1.807, 2.05) is 27.7 Å². The van der Waals surface area contributed by atoms with Crippen LogP contribution < -0.4 is 0 Å². The molecule has 0 atom stereocenters. The summed E-state index contributed by atoms with van der Waals surface area (Å²) in [7, 11) is 0. The Balaban J connectivity index is 0.000000263. The number of pyridine rings is 1. The van der Waals surface area contributed by atoms with Crippen LogP contribution in [0.2, 0.25) is 0 Å². The summed E-state index contributed by atoms with van der Waals surface area (Å²) >= 11 is 0. The molecule has 1 aliphatic rings. The molecule has 3 nitrogen and oxygen atoms in total. The van der Waals surface area contributed by atoms with Crippen molar-refractivity contribution in [1.29, 1.82) is 0 Å². The minimum atomic E-state index is -0.0251. The molecular formula is C38H46IrNO2-. The second kappa shape index (κ2) is 13.7. The quantitative estimate of drug-likeness (QED) is 0.117. The van der Waals surface area contributed by atoms with E-state index in [1.165, 1.54) is 28.0 Å². The molecule has 1 aromatic heterocycles. The van der Waals surface area contributed by atoms with Gasteiger partial charge in [0.2, 0.25) is 0 Å². The van der Waals surface area contributed by atoms with E-state index in [4.69, 9.17) is 4.98 Å². The molecule has 0 spiro atoms. The van der Waals surface area contributed by atoms with Gasteiger partial charge < -0.3 is 5.11 Å².